The monoisotopic (exact) mass is 379 g/mol. The van der Waals surface area contributed by atoms with Gasteiger partial charge >= 0.3 is 5.97 Å². The number of esters is 1. The maximum absolute atomic E-state index is 12.0. The molecule has 26 heavy (non-hydrogen) atoms. The summed E-state index contributed by atoms with van der Waals surface area (Å²) in [5, 5.41) is 13.8. The summed E-state index contributed by atoms with van der Waals surface area (Å²) in [5.74, 6) is -0.292. The van der Waals surface area contributed by atoms with E-state index in [1.54, 1.807) is 26.8 Å². The van der Waals surface area contributed by atoms with Crippen molar-refractivity contribution in [1.82, 2.24) is 0 Å². The number of rotatable bonds is 4. The van der Waals surface area contributed by atoms with E-state index in [4.69, 9.17) is 20.8 Å². The van der Waals surface area contributed by atoms with Crippen molar-refractivity contribution < 1.29 is 19.1 Å². The van der Waals surface area contributed by atoms with E-state index in [-0.39, 0.29) is 16.9 Å². The fraction of sp³-hybridized carbons (Fsp3) is 0.450. The highest BCUT2D eigenvalue weighted by Gasteiger charge is 2.22. The van der Waals surface area contributed by atoms with E-state index in [0.717, 1.165) is 11.1 Å². The Kier molecular flexibility index (Phi) is 5.61. The van der Waals surface area contributed by atoms with Crippen LogP contribution >= 0.6 is 11.6 Å². The quantitative estimate of drug-likeness (QED) is 0.541. The minimum Gasteiger partial charge on any atom is -0.506 e. The van der Waals surface area contributed by atoms with Crippen LogP contribution in [0, 0.1) is 0 Å². The number of benzene rings is 1. The lowest BCUT2D eigenvalue weighted by Crippen LogP contribution is -2.23. The molecular weight excluding hydrogens is 354 g/mol. The van der Waals surface area contributed by atoms with Gasteiger partial charge in [0.2, 0.25) is 5.76 Å². The molecule has 0 aliphatic carbocycles. The summed E-state index contributed by atoms with van der Waals surface area (Å²) < 4.78 is 10.6. The molecule has 0 aliphatic rings. The summed E-state index contributed by atoms with van der Waals surface area (Å²) in [7, 11) is 0. The van der Waals surface area contributed by atoms with Crippen LogP contribution in [0.15, 0.2) is 28.9 Å². The van der Waals surface area contributed by atoms with Crippen LogP contribution in [0.3, 0.4) is 0 Å². The number of halogens is 1. The van der Waals surface area contributed by atoms with Crippen LogP contribution in [0.2, 0.25) is 5.02 Å². The lowest BCUT2D eigenvalue weighted by Gasteiger charge is -2.22. The Morgan fingerprint density at radius 3 is 2.42 bits per heavy atom. The first-order valence-corrected chi connectivity index (χ1v) is 8.82. The van der Waals surface area contributed by atoms with Gasteiger partial charge in [0.05, 0.1) is 12.0 Å². The van der Waals surface area contributed by atoms with Crippen molar-refractivity contribution in [2.24, 2.45) is 0 Å². The summed E-state index contributed by atoms with van der Waals surface area (Å²) in [6, 6.07) is 5.00. The zero-order valence-electron chi connectivity index (χ0n) is 16.1. The molecule has 142 valence electrons. The van der Waals surface area contributed by atoms with Crippen molar-refractivity contribution in [3.63, 3.8) is 0 Å². The Hall–Kier alpha value is -2.14. The number of phenols is 1. The predicted molar refractivity (Wildman–Crippen MR) is 103 cm³/mol. The van der Waals surface area contributed by atoms with Crippen LogP contribution in [-0.4, -0.2) is 16.7 Å². The minimum atomic E-state index is -0.583. The molecule has 1 aromatic carbocycles. The molecular formula is C20H26ClNO4. The first-order valence-electron chi connectivity index (χ1n) is 8.44. The molecule has 0 saturated heterocycles. The van der Waals surface area contributed by atoms with Crippen LogP contribution in [0.25, 0.3) is 0 Å². The number of nitrogens with one attached hydrogen (secondary N) is 1. The number of carbonyl (C=O) groups is 1. The van der Waals surface area contributed by atoms with Crippen LogP contribution in [-0.2, 0) is 16.7 Å². The Labute approximate surface area is 159 Å². The van der Waals surface area contributed by atoms with Gasteiger partial charge in [-0.15, -0.1) is 0 Å². The van der Waals surface area contributed by atoms with E-state index < -0.39 is 11.6 Å². The van der Waals surface area contributed by atoms with Gasteiger partial charge in [0.25, 0.3) is 0 Å². The van der Waals surface area contributed by atoms with E-state index in [0.29, 0.717) is 17.3 Å². The number of aromatic hydroxyl groups is 1. The zero-order valence-corrected chi connectivity index (χ0v) is 16.8. The van der Waals surface area contributed by atoms with Gasteiger partial charge in [-0.2, -0.15) is 0 Å². The van der Waals surface area contributed by atoms with Crippen molar-refractivity contribution in [3.05, 3.63) is 46.4 Å². The highest BCUT2D eigenvalue weighted by molar-refractivity contribution is 6.31. The fourth-order valence-electron chi connectivity index (χ4n) is 2.38. The van der Waals surface area contributed by atoms with Gasteiger partial charge in [0, 0.05) is 23.2 Å². The number of hydrogen-bond donors (Lipinski definition) is 2. The standard InChI is InChI=1S/C20H26ClNO4/c1-19(2,3)13-8-15(16(23)9-14(13)21)22-10-12-7-17(25-11-12)18(24)26-20(4,5)6/h7-9,11,22-23H,10H2,1-6H3. The number of carbonyl (C=O) groups excluding carboxylic acids is 1. The van der Waals surface area contributed by atoms with Crippen LogP contribution in [0.5, 0.6) is 5.75 Å². The number of hydrogen-bond acceptors (Lipinski definition) is 5. The normalized spacial score (nSPS) is 12.1. The molecule has 0 bridgehead atoms. The summed E-state index contributed by atoms with van der Waals surface area (Å²) in [6.07, 6.45) is 1.49. The van der Waals surface area contributed by atoms with Gasteiger partial charge in [-0.05, 0) is 43.9 Å². The summed E-state index contributed by atoms with van der Waals surface area (Å²) >= 11 is 6.24. The van der Waals surface area contributed by atoms with Gasteiger partial charge in [-0.25, -0.2) is 4.79 Å². The van der Waals surface area contributed by atoms with Gasteiger partial charge in [-0.3, -0.25) is 0 Å². The van der Waals surface area contributed by atoms with Gasteiger partial charge in [0.1, 0.15) is 11.4 Å². The number of ether oxygens (including phenoxy) is 1. The zero-order chi connectivity index (χ0) is 19.7. The molecule has 0 fully saturated rings. The Morgan fingerprint density at radius 2 is 1.85 bits per heavy atom. The molecule has 5 nitrogen and oxygen atoms in total. The molecule has 0 saturated carbocycles. The second-order valence-corrected chi connectivity index (χ2v) is 8.68. The van der Waals surface area contributed by atoms with E-state index in [9.17, 15) is 9.90 Å². The highest BCUT2D eigenvalue weighted by atomic mass is 35.5. The summed E-state index contributed by atoms with van der Waals surface area (Å²) in [6.45, 7) is 11.9. The third kappa shape index (κ3) is 5.18. The van der Waals surface area contributed by atoms with E-state index in [1.165, 1.54) is 12.3 Å². The lowest BCUT2D eigenvalue weighted by atomic mass is 9.86. The maximum Gasteiger partial charge on any atom is 0.374 e. The number of anilines is 1. The molecule has 0 unspecified atom stereocenters. The second kappa shape index (κ2) is 7.23. The van der Waals surface area contributed by atoms with Crippen LogP contribution < -0.4 is 5.32 Å². The van der Waals surface area contributed by atoms with E-state index >= 15 is 0 Å². The lowest BCUT2D eigenvalue weighted by molar-refractivity contribution is 0.00360. The number of phenolic OH excluding ortho intramolecular Hbond substituents is 1. The average Bonchev–Trinajstić information content (AvgIpc) is 2.92. The molecule has 0 aliphatic heterocycles. The molecule has 0 atom stereocenters. The molecule has 2 N–H and O–H groups in total. The van der Waals surface area contributed by atoms with Crippen molar-refractivity contribution in [2.75, 3.05) is 5.32 Å². The average molecular weight is 380 g/mol. The first kappa shape index (κ1) is 20.2. The van der Waals surface area contributed by atoms with Gasteiger partial charge in [0.15, 0.2) is 0 Å². The summed E-state index contributed by atoms with van der Waals surface area (Å²) in [4.78, 5) is 12.0. The third-order valence-corrected chi connectivity index (χ3v) is 3.94. The molecule has 2 aromatic rings. The second-order valence-electron chi connectivity index (χ2n) is 8.27. The number of furan rings is 1. The SMILES string of the molecule is CC(C)(C)OC(=O)c1cc(CNc2cc(C(C)(C)C)c(Cl)cc2O)co1. The molecule has 2 rings (SSSR count). The predicted octanol–water partition coefficient (Wildman–Crippen LogP) is 5.50. The molecule has 1 aromatic heterocycles. The largest absolute Gasteiger partial charge is 0.506 e. The first-order chi connectivity index (χ1) is 11.9. The Morgan fingerprint density at radius 1 is 1.19 bits per heavy atom. The summed E-state index contributed by atoms with van der Waals surface area (Å²) in [5.41, 5.74) is 1.53. The van der Waals surface area contributed by atoms with Gasteiger partial charge in [-0.1, -0.05) is 32.4 Å². The topological polar surface area (TPSA) is 71.7 Å². The van der Waals surface area contributed by atoms with E-state index in [1.807, 2.05) is 6.07 Å². The molecule has 1 heterocycles. The molecule has 0 spiro atoms. The van der Waals surface area contributed by atoms with Crippen LogP contribution in [0.1, 0.15) is 63.2 Å². The molecule has 0 amide bonds. The Balaban J connectivity index is 2.12. The van der Waals surface area contributed by atoms with Gasteiger partial charge < -0.3 is 19.6 Å². The molecule has 6 heteroatoms. The highest BCUT2D eigenvalue weighted by Crippen LogP contribution is 2.37. The van der Waals surface area contributed by atoms with Crippen molar-refractivity contribution in [1.29, 1.82) is 0 Å². The van der Waals surface area contributed by atoms with E-state index in [2.05, 4.69) is 26.1 Å². The smallest absolute Gasteiger partial charge is 0.374 e. The molecule has 0 radical (unpaired) electrons. The minimum absolute atomic E-state index is 0.0684. The van der Waals surface area contributed by atoms with Crippen LogP contribution in [0.4, 0.5) is 5.69 Å². The third-order valence-electron chi connectivity index (χ3n) is 3.63. The van der Waals surface area contributed by atoms with Crippen molar-refractivity contribution in [3.8, 4) is 5.75 Å². The van der Waals surface area contributed by atoms with Crippen molar-refractivity contribution >= 4 is 23.3 Å². The maximum atomic E-state index is 12.0. The van der Waals surface area contributed by atoms with Crippen molar-refractivity contribution in [2.45, 2.75) is 59.1 Å². The Bertz CT molecular complexity index is 797. The fourth-order valence-corrected chi connectivity index (χ4v) is 2.82.